The van der Waals surface area contributed by atoms with Crippen LogP contribution in [0.4, 0.5) is 0 Å². The molecule has 0 saturated carbocycles. The second kappa shape index (κ2) is 7.39. The van der Waals surface area contributed by atoms with E-state index in [0.29, 0.717) is 30.4 Å². The first-order valence-corrected chi connectivity index (χ1v) is 6.41. The molecule has 0 saturated heterocycles. The Balaban J connectivity index is 2.82. The van der Waals surface area contributed by atoms with Crippen LogP contribution in [0.25, 0.3) is 0 Å². The summed E-state index contributed by atoms with van der Waals surface area (Å²) in [6.45, 7) is 4.71. The van der Waals surface area contributed by atoms with Gasteiger partial charge in [0.1, 0.15) is 18.1 Å². The van der Waals surface area contributed by atoms with E-state index < -0.39 is 0 Å². The van der Waals surface area contributed by atoms with E-state index in [-0.39, 0.29) is 11.7 Å². The topological polar surface area (TPSA) is 35.5 Å². The zero-order valence-corrected chi connectivity index (χ0v) is 11.8. The van der Waals surface area contributed by atoms with Crippen LogP contribution in [-0.4, -0.2) is 26.1 Å². The monoisotopic (exact) mass is 270 g/mol. The van der Waals surface area contributed by atoms with E-state index in [4.69, 9.17) is 21.1 Å². The smallest absolute Gasteiger partial charge is 0.139 e. The molecule has 0 bridgehead atoms. The van der Waals surface area contributed by atoms with Gasteiger partial charge in [-0.2, -0.15) is 0 Å². The Morgan fingerprint density at radius 2 is 2.11 bits per heavy atom. The van der Waals surface area contributed by atoms with Crippen molar-refractivity contribution in [3.05, 3.63) is 28.8 Å². The molecule has 0 fully saturated rings. The third kappa shape index (κ3) is 4.00. The molecule has 0 aliphatic carbocycles. The second-order valence-corrected chi connectivity index (χ2v) is 4.48. The van der Waals surface area contributed by atoms with E-state index in [1.165, 1.54) is 0 Å². The molecular formula is C14H19ClO3. The van der Waals surface area contributed by atoms with Crippen LogP contribution in [0.3, 0.4) is 0 Å². The summed E-state index contributed by atoms with van der Waals surface area (Å²) in [6, 6.07) is 5.46. The van der Waals surface area contributed by atoms with Crippen molar-refractivity contribution < 1.29 is 14.3 Å². The number of hydrogen-bond donors (Lipinski definition) is 0. The van der Waals surface area contributed by atoms with Crippen molar-refractivity contribution in [1.82, 2.24) is 0 Å². The van der Waals surface area contributed by atoms with Gasteiger partial charge in [-0.25, -0.2) is 0 Å². The third-order valence-corrected chi connectivity index (χ3v) is 3.14. The lowest BCUT2D eigenvalue weighted by Gasteiger charge is -2.13. The van der Waals surface area contributed by atoms with E-state index in [2.05, 4.69) is 0 Å². The van der Waals surface area contributed by atoms with Crippen molar-refractivity contribution in [1.29, 1.82) is 0 Å². The Labute approximate surface area is 113 Å². The van der Waals surface area contributed by atoms with Gasteiger partial charge in [0.15, 0.2) is 0 Å². The van der Waals surface area contributed by atoms with Gasteiger partial charge in [-0.05, 0) is 17.7 Å². The normalized spacial score (nSPS) is 12.2. The summed E-state index contributed by atoms with van der Waals surface area (Å²) in [5.74, 6) is 0.680. The van der Waals surface area contributed by atoms with E-state index in [1.54, 1.807) is 13.2 Å². The van der Waals surface area contributed by atoms with Crippen LogP contribution in [0.5, 0.6) is 5.75 Å². The number of carbonyl (C=O) groups excluding carboxylic acids is 1. The summed E-state index contributed by atoms with van der Waals surface area (Å²) in [6.07, 6.45) is 0.531. The Kier molecular flexibility index (Phi) is 6.16. The third-order valence-electron chi connectivity index (χ3n) is 2.83. The highest BCUT2D eigenvalue weighted by atomic mass is 35.5. The maximum Gasteiger partial charge on any atom is 0.139 e. The van der Waals surface area contributed by atoms with Gasteiger partial charge in [-0.1, -0.05) is 31.5 Å². The fraction of sp³-hybridized carbons (Fsp3) is 0.500. The molecule has 0 unspecified atom stereocenters. The number of halogens is 1. The van der Waals surface area contributed by atoms with Crippen molar-refractivity contribution in [3.63, 3.8) is 0 Å². The summed E-state index contributed by atoms with van der Waals surface area (Å²) in [5, 5.41) is 0.547. The lowest BCUT2D eigenvalue weighted by molar-refractivity contribution is -0.119. The van der Waals surface area contributed by atoms with Crippen LogP contribution in [0, 0.1) is 0 Å². The molecule has 0 heterocycles. The fourth-order valence-electron chi connectivity index (χ4n) is 1.63. The molecule has 4 heteroatoms. The molecule has 0 spiro atoms. The Morgan fingerprint density at radius 1 is 1.39 bits per heavy atom. The zero-order valence-electron chi connectivity index (χ0n) is 11.0. The Hall–Kier alpha value is -1.06. The lowest BCUT2D eigenvalue weighted by atomic mass is 9.95. The van der Waals surface area contributed by atoms with E-state index >= 15 is 0 Å². The molecule has 0 aliphatic rings. The number of methoxy groups -OCH3 is 1. The first-order chi connectivity index (χ1) is 8.60. The molecule has 0 aliphatic heterocycles. The van der Waals surface area contributed by atoms with Gasteiger partial charge < -0.3 is 9.47 Å². The minimum absolute atomic E-state index is 0.128. The minimum Gasteiger partial charge on any atom is -0.490 e. The molecule has 1 atom stereocenters. The summed E-state index contributed by atoms with van der Waals surface area (Å²) in [5.41, 5.74) is 0.929. The van der Waals surface area contributed by atoms with Crippen LogP contribution in [-0.2, 0) is 9.53 Å². The molecule has 0 radical (unpaired) electrons. The van der Waals surface area contributed by atoms with E-state index in [1.807, 2.05) is 26.0 Å². The molecule has 1 aromatic rings. The van der Waals surface area contributed by atoms with Crippen LogP contribution in [0.2, 0.25) is 5.02 Å². The zero-order chi connectivity index (χ0) is 13.5. The quantitative estimate of drug-likeness (QED) is 0.712. The summed E-state index contributed by atoms with van der Waals surface area (Å²) < 4.78 is 10.4. The van der Waals surface area contributed by atoms with Gasteiger partial charge in [0, 0.05) is 19.4 Å². The first-order valence-electron chi connectivity index (χ1n) is 6.04. The van der Waals surface area contributed by atoms with Crippen molar-refractivity contribution in [2.75, 3.05) is 20.3 Å². The second-order valence-electron chi connectivity index (χ2n) is 4.07. The molecule has 3 nitrogen and oxygen atoms in total. The fourth-order valence-corrected chi connectivity index (χ4v) is 1.80. The molecule has 0 amide bonds. The molecular weight excluding hydrogens is 252 g/mol. The highest BCUT2D eigenvalue weighted by molar-refractivity contribution is 6.32. The van der Waals surface area contributed by atoms with Gasteiger partial charge >= 0.3 is 0 Å². The van der Waals surface area contributed by atoms with E-state index in [9.17, 15) is 4.79 Å². The average Bonchev–Trinajstić information content (AvgIpc) is 2.39. The van der Waals surface area contributed by atoms with Gasteiger partial charge in [-0.15, -0.1) is 0 Å². The number of rotatable bonds is 7. The highest BCUT2D eigenvalue weighted by Gasteiger charge is 2.15. The van der Waals surface area contributed by atoms with Crippen LogP contribution in [0.1, 0.15) is 31.7 Å². The predicted octanol–water partition coefficient (Wildman–Crippen LogP) is 3.45. The van der Waals surface area contributed by atoms with Crippen LogP contribution < -0.4 is 4.74 Å². The number of Topliss-reactive ketones (excluding diaryl/α,β-unsaturated/α-hetero) is 1. The summed E-state index contributed by atoms with van der Waals surface area (Å²) in [4.78, 5) is 11.7. The lowest BCUT2D eigenvalue weighted by Crippen LogP contribution is -2.09. The number of carbonyl (C=O) groups is 1. The van der Waals surface area contributed by atoms with Gasteiger partial charge in [0.25, 0.3) is 0 Å². The number of hydrogen-bond acceptors (Lipinski definition) is 3. The van der Waals surface area contributed by atoms with E-state index in [0.717, 1.165) is 5.56 Å². The highest BCUT2D eigenvalue weighted by Crippen LogP contribution is 2.29. The standard InChI is InChI=1S/C14H19ClO3/c1-4-13(16)10(2)11-5-6-12(15)14(9-11)18-8-7-17-3/h5-6,9-10H,4,7-8H2,1-3H3/t10-/m0/s1. The number of ether oxygens (including phenoxy) is 2. The molecule has 1 aromatic carbocycles. The molecule has 100 valence electrons. The SMILES string of the molecule is CCC(=O)[C@@H](C)c1ccc(Cl)c(OCCOC)c1. The maximum atomic E-state index is 11.7. The Morgan fingerprint density at radius 3 is 2.72 bits per heavy atom. The number of benzene rings is 1. The first kappa shape index (κ1) is 15.0. The largest absolute Gasteiger partial charge is 0.490 e. The van der Waals surface area contributed by atoms with Crippen LogP contribution >= 0.6 is 11.6 Å². The molecule has 18 heavy (non-hydrogen) atoms. The molecule has 0 aromatic heterocycles. The summed E-state index contributed by atoms with van der Waals surface area (Å²) in [7, 11) is 1.61. The van der Waals surface area contributed by atoms with Crippen molar-refractivity contribution >= 4 is 17.4 Å². The minimum atomic E-state index is -0.128. The Bertz CT molecular complexity index is 404. The van der Waals surface area contributed by atoms with Crippen molar-refractivity contribution in [3.8, 4) is 5.75 Å². The summed E-state index contributed by atoms with van der Waals surface area (Å²) >= 11 is 6.04. The number of ketones is 1. The van der Waals surface area contributed by atoms with Crippen molar-refractivity contribution in [2.24, 2.45) is 0 Å². The van der Waals surface area contributed by atoms with Gasteiger partial charge in [0.2, 0.25) is 0 Å². The van der Waals surface area contributed by atoms with Crippen LogP contribution in [0.15, 0.2) is 18.2 Å². The van der Waals surface area contributed by atoms with Gasteiger partial charge in [0.05, 0.1) is 11.6 Å². The molecule has 0 N–H and O–H groups in total. The van der Waals surface area contributed by atoms with Crippen molar-refractivity contribution in [2.45, 2.75) is 26.2 Å². The average molecular weight is 271 g/mol. The van der Waals surface area contributed by atoms with Gasteiger partial charge in [-0.3, -0.25) is 4.79 Å². The molecule has 1 rings (SSSR count). The predicted molar refractivity (Wildman–Crippen MR) is 72.5 cm³/mol. The maximum absolute atomic E-state index is 11.7.